The van der Waals surface area contributed by atoms with E-state index in [1.54, 1.807) is 14.2 Å². The SMILES string of the molecule is C/C=C/C(C)[Si](OC)OC. The highest BCUT2D eigenvalue weighted by Gasteiger charge is 2.18. The van der Waals surface area contributed by atoms with E-state index in [0.29, 0.717) is 5.54 Å². The zero-order chi connectivity index (χ0) is 7.98. The smallest absolute Gasteiger partial charge is 0.391 e. The summed E-state index contributed by atoms with van der Waals surface area (Å²) in [4.78, 5) is 0. The summed E-state index contributed by atoms with van der Waals surface area (Å²) in [7, 11) is 2.33. The third-order valence-corrected chi connectivity index (χ3v) is 3.00. The van der Waals surface area contributed by atoms with Crippen LogP contribution in [0.25, 0.3) is 0 Å². The van der Waals surface area contributed by atoms with Crippen LogP contribution in [-0.4, -0.2) is 23.5 Å². The van der Waals surface area contributed by atoms with Gasteiger partial charge in [-0.25, -0.2) is 0 Å². The second-order valence-electron chi connectivity index (χ2n) is 2.04. The van der Waals surface area contributed by atoms with E-state index < -0.39 is 9.28 Å². The summed E-state index contributed by atoms with van der Waals surface area (Å²) in [6.07, 6.45) is 4.12. The molecule has 3 heteroatoms. The molecule has 0 saturated carbocycles. The Morgan fingerprint density at radius 2 is 1.80 bits per heavy atom. The molecule has 0 aliphatic carbocycles. The first-order valence-electron chi connectivity index (χ1n) is 3.33. The van der Waals surface area contributed by atoms with E-state index in [-0.39, 0.29) is 0 Å². The average Bonchev–Trinajstić information content (AvgIpc) is 1.91. The van der Waals surface area contributed by atoms with Gasteiger partial charge in [0.05, 0.1) is 0 Å². The molecule has 0 fully saturated rings. The molecule has 0 aliphatic rings. The maximum Gasteiger partial charge on any atom is 0.391 e. The van der Waals surface area contributed by atoms with E-state index in [4.69, 9.17) is 8.85 Å². The van der Waals surface area contributed by atoms with Crippen LogP contribution in [-0.2, 0) is 8.85 Å². The van der Waals surface area contributed by atoms with Crippen molar-refractivity contribution in [2.45, 2.75) is 19.4 Å². The first-order valence-corrected chi connectivity index (χ1v) is 4.73. The van der Waals surface area contributed by atoms with Gasteiger partial charge in [0.1, 0.15) is 0 Å². The van der Waals surface area contributed by atoms with E-state index in [1.807, 2.05) is 13.0 Å². The Kier molecular flexibility index (Phi) is 5.58. The van der Waals surface area contributed by atoms with Gasteiger partial charge in [0, 0.05) is 19.8 Å². The maximum atomic E-state index is 5.14. The van der Waals surface area contributed by atoms with E-state index in [0.717, 1.165) is 0 Å². The lowest BCUT2D eigenvalue weighted by Gasteiger charge is -2.12. The molecule has 0 bridgehead atoms. The second kappa shape index (κ2) is 5.65. The topological polar surface area (TPSA) is 18.5 Å². The zero-order valence-electron chi connectivity index (χ0n) is 7.05. The molecule has 0 spiro atoms. The molecular formula is C7H15O2Si. The summed E-state index contributed by atoms with van der Waals surface area (Å²) in [6.45, 7) is 4.10. The van der Waals surface area contributed by atoms with E-state index in [1.165, 1.54) is 0 Å². The minimum atomic E-state index is -1.05. The summed E-state index contributed by atoms with van der Waals surface area (Å²) >= 11 is 0. The number of rotatable bonds is 4. The van der Waals surface area contributed by atoms with E-state index in [9.17, 15) is 0 Å². The molecule has 0 aliphatic heterocycles. The molecule has 0 aromatic heterocycles. The minimum Gasteiger partial charge on any atom is -0.396 e. The maximum absolute atomic E-state index is 5.14. The van der Waals surface area contributed by atoms with Crippen LogP contribution < -0.4 is 0 Å². The third-order valence-electron chi connectivity index (χ3n) is 1.26. The highest BCUT2D eigenvalue weighted by molar-refractivity contribution is 6.46. The lowest BCUT2D eigenvalue weighted by molar-refractivity contribution is 0.272. The van der Waals surface area contributed by atoms with Crippen molar-refractivity contribution in [1.29, 1.82) is 0 Å². The zero-order valence-corrected chi connectivity index (χ0v) is 8.05. The number of hydrogen-bond donors (Lipinski definition) is 0. The van der Waals surface area contributed by atoms with Gasteiger partial charge in [-0.3, -0.25) is 0 Å². The van der Waals surface area contributed by atoms with Crippen LogP contribution in [0.3, 0.4) is 0 Å². The standard InChI is InChI=1S/C7H15O2Si/c1-5-6-7(2)10(8-3)9-4/h5-7H,1-4H3/b6-5+. The predicted octanol–water partition coefficient (Wildman–Crippen LogP) is 1.73. The molecule has 0 amide bonds. The number of allylic oxidation sites excluding steroid dienone is 2. The van der Waals surface area contributed by atoms with Gasteiger partial charge in [-0.05, 0) is 6.92 Å². The Balaban J connectivity index is 3.75. The van der Waals surface area contributed by atoms with Crippen molar-refractivity contribution in [1.82, 2.24) is 0 Å². The highest BCUT2D eigenvalue weighted by Crippen LogP contribution is 2.11. The summed E-state index contributed by atoms with van der Waals surface area (Å²) < 4.78 is 10.3. The molecule has 0 saturated heterocycles. The number of hydrogen-bond acceptors (Lipinski definition) is 2. The van der Waals surface area contributed by atoms with Gasteiger partial charge in [0.25, 0.3) is 0 Å². The lowest BCUT2D eigenvalue weighted by atomic mass is 10.4. The normalized spacial score (nSPS) is 14.9. The molecule has 0 N–H and O–H groups in total. The molecule has 2 nitrogen and oxygen atoms in total. The average molecular weight is 159 g/mol. The lowest BCUT2D eigenvalue weighted by Crippen LogP contribution is -2.23. The summed E-state index contributed by atoms with van der Waals surface area (Å²) in [5.74, 6) is 0. The second-order valence-corrected chi connectivity index (χ2v) is 4.41. The molecule has 59 valence electrons. The van der Waals surface area contributed by atoms with Crippen LogP contribution in [0.2, 0.25) is 5.54 Å². The molecule has 0 heterocycles. The minimum absolute atomic E-state index is 0.421. The van der Waals surface area contributed by atoms with Gasteiger partial charge >= 0.3 is 9.28 Å². The molecule has 1 atom stereocenters. The van der Waals surface area contributed by atoms with Crippen LogP contribution in [0.4, 0.5) is 0 Å². The van der Waals surface area contributed by atoms with Crippen molar-refractivity contribution in [2.75, 3.05) is 14.2 Å². The molecule has 10 heavy (non-hydrogen) atoms. The Morgan fingerprint density at radius 3 is 2.10 bits per heavy atom. The quantitative estimate of drug-likeness (QED) is 0.459. The van der Waals surface area contributed by atoms with Gasteiger partial charge in [0.2, 0.25) is 0 Å². The van der Waals surface area contributed by atoms with Crippen molar-refractivity contribution >= 4 is 9.28 Å². The molecule has 1 radical (unpaired) electrons. The summed E-state index contributed by atoms with van der Waals surface area (Å²) in [5, 5.41) is 0. The Hall–Kier alpha value is -0.123. The van der Waals surface area contributed by atoms with Crippen molar-refractivity contribution < 1.29 is 8.85 Å². The summed E-state index contributed by atoms with van der Waals surface area (Å²) in [6, 6.07) is 0. The van der Waals surface area contributed by atoms with Crippen LogP contribution in [0.5, 0.6) is 0 Å². The van der Waals surface area contributed by atoms with Crippen LogP contribution in [0.15, 0.2) is 12.2 Å². The first-order chi connectivity index (χ1) is 4.76. The Bertz CT molecular complexity index is 99.8. The van der Waals surface area contributed by atoms with Gasteiger partial charge < -0.3 is 8.85 Å². The molecule has 0 aromatic rings. The fourth-order valence-corrected chi connectivity index (χ4v) is 2.08. The third kappa shape index (κ3) is 3.15. The molecule has 0 aromatic carbocycles. The van der Waals surface area contributed by atoms with Gasteiger partial charge in [-0.2, -0.15) is 0 Å². The van der Waals surface area contributed by atoms with Crippen molar-refractivity contribution in [3.05, 3.63) is 12.2 Å². The van der Waals surface area contributed by atoms with Gasteiger partial charge in [0.15, 0.2) is 0 Å². The first kappa shape index (κ1) is 9.88. The monoisotopic (exact) mass is 159 g/mol. The Morgan fingerprint density at radius 1 is 1.30 bits per heavy atom. The van der Waals surface area contributed by atoms with Gasteiger partial charge in [-0.1, -0.05) is 19.1 Å². The predicted molar refractivity (Wildman–Crippen MR) is 44.0 cm³/mol. The van der Waals surface area contributed by atoms with Crippen molar-refractivity contribution in [3.8, 4) is 0 Å². The van der Waals surface area contributed by atoms with Crippen molar-refractivity contribution in [2.24, 2.45) is 0 Å². The highest BCUT2D eigenvalue weighted by atomic mass is 28.3. The van der Waals surface area contributed by atoms with Gasteiger partial charge in [-0.15, -0.1) is 0 Å². The fraction of sp³-hybridized carbons (Fsp3) is 0.714. The van der Waals surface area contributed by atoms with E-state index >= 15 is 0 Å². The van der Waals surface area contributed by atoms with Crippen LogP contribution in [0.1, 0.15) is 13.8 Å². The van der Waals surface area contributed by atoms with E-state index in [2.05, 4.69) is 13.0 Å². The Labute approximate surface area is 64.7 Å². The fourth-order valence-electron chi connectivity index (χ4n) is 0.822. The van der Waals surface area contributed by atoms with Crippen LogP contribution in [0, 0.1) is 0 Å². The molecule has 1 unspecified atom stereocenters. The van der Waals surface area contributed by atoms with Crippen LogP contribution >= 0.6 is 0 Å². The molecule has 0 rings (SSSR count). The van der Waals surface area contributed by atoms with Crippen molar-refractivity contribution in [3.63, 3.8) is 0 Å². The molecular weight excluding hydrogens is 144 g/mol. The summed E-state index contributed by atoms with van der Waals surface area (Å²) in [5.41, 5.74) is 0.421. The largest absolute Gasteiger partial charge is 0.396 e.